The molecule has 1 aromatic carbocycles. The second-order valence-electron chi connectivity index (χ2n) is 3.71. The molecule has 0 saturated carbocycles. The van der Waals surface area contributed by atoms with Gasteiger partial charge in [-0.2, -0.15) is 13.2 Å². The van der Waals surface area contributed by atoms with Crippen LogP contribution in [0.25, 0.3) is 6.08 Å². The molecule has 116 valence electrons. The summed E-state index contributed by atoms with van der Waals surface area (Å²) >= 11 is 0. The second-order valence-corrected chi connectivity index (χ2v) is 3.71. The Balaban J connectivity index is 2.70. The number of benzene rings is 1. The van der Waals surface area contributed by atoms with E-state index in [9.17, 15) is 26.7 Å². The predicted molar refractivity (Wildman–Crippen MR) is 60.5 cm³/mol. The van der Waals surface area contributed by atoms with Gasteiger partial charge >= 0.3 is 12.1 Å². The third-order valence-electron chi connectivity index (χ3n) is 1.99. The zero-order valence-electron chi connectivity index (χ0n) is 10.3. The molecular formula is C12H9F5O4. The maximum absolute atomic E-state index is 13.5. The van der Waals surface area contributed by atoms with E-state index in [1.165, 1.54) is 0 Å². The first kappa shape index (κ1) is 16.9. The molecule has 0 bridgehead atoms. The lowest BCUT2D eigenvalue weighted by atomic mass is 10.2. The number of hydrogen-bond acceptors (Lipinski definition) is 3. The zero-order valence-corrected chi connectivity index (χ0v) is 10.3. The van der Waals surface area contributed by atoms with Gasteiger partial charge in [-0.15, -0.1) is 0 Å². The van der Waals surface area contributed by atoms with Crippen LogP contribution in [0.15, 0.2) is 18.2 Å². The topological polar surface area (TPSA) is 55.8 Å². The van der Waals surface area contributed by atoms with Gasteiger partial charge in [-0.25, -0.2) is 13.6 Å². The maximum Gasteiger partial charge on any atom is 0.411 e. The molecule has 9 heteroatoms. The number of alkyl halides is 3. The van der Waals surface area contributed by atoms with E-state index >= 15 is 0 Å². The van der Waals surface area contributed by atoms with Crippen LogP contribution in [0.1, 0.15) is 5.56 Å². The van der Waals surface area contributed by atoms with Crippen LogP contribution in [0.3, 0.4) is 0 Å². The van der Waals surface area contributed by atoms with Gasteiger partial charge in [0.25, 0.3) is 0 Å². The Morgan fingerprint density at radius 3 is 2.29 bits per heavy atom. The van der Waals surface area contributed by atoms with Crippen LogP contribution in [0, 0.1) is 11.6 Å². The Hall–Kier alpha value is -2.16. The van der Waals surface area contributed by atoms with Crippen molar-refractivity contribution in [2.75, 3.05) is 13.4 Å². The summed E-state index contributed by atoms with van der Waals surface area (Å²) in [6.07, 6.45) is -2.97. The summed E-state index contributed by atoms with van der Waals surface area (Å²) in [5, 5.41) is 8.37. The number of ether oxygens (including phenoxy) is 2. The highest BCUT2D eigenvalue weighted by Crippen LogP contribution is 2.24. The van der Waals surface area contributed by atoms with Gasteiger partial charge in [0.05, 0.1) is 0 Å². The zero-order chi connectivity index (χ0) is 16.0. The summed E-state index contributed by atoms with van der Waals surface area (Å²) in [5.74, 6) is -4.62. The smallest absolute Gasteiger partial charge is 0.411 e. The molecule has 0 aliphatic rings. The summed E-state index contributed by atoms with van der Waals surface area (Å²) < 4.78 is 70.7. The molecule has 0 saturated heterocycles. The van der Waals surface area contributed by atoms with Crippen LogP contribution in [-0.2, 0) is 9.53 Å². The fourth-order valence-electron chi connectivity index (χ4n) is 1.24. The van der Waals surface area contributed by atoms with Crippen molar-refractivity contribution in [1.82, 2.24) is 0 Å². The summed E-state index contributed by atoms with van der Waals surface area (Å²) in [7, 11) is 0. The molecule has 0 atom stereocenters. The van der Waals surface area contributed by atoms with Crippen molar-refractivity contribution in [3.63, 3.8) is 0 Å². The van der Waals surface area contributed by atoms with Crippen molar-refractivity contribution < 1.29 is 41.3 Å². The molecule has 21 heavy (non-hydrogen) atoms. The van der Waals surface area contributed by atoms with Crippen molar-refractivity contribution in [3.05, 3.63) is 35.4 Å². The minimum atomic E-state index is -4.58. The van der Waals surface area contributed by atoms with Crippen molar-refractivity contribution >= 4 is 12.0 Å². The molecule has 1 aromatic rings. The molecule has 1 N–H and O–H groups in total. The van der Waals surface area contributed by atoms with Gasteiger partial charge in [0.1, 0.15) is 6.61 Å². The Morgan fingerprint density at radius 1 is 1.24 bits per heavy atom. The second kappa shape index (κ2) is 7.02. The van der Waals surface area contributed by atoms with Crippen LogP contribution >= 0.6 is 0 Å². The van der Waals surface area contributed by atoms with Gasteiger partial charge in [0, 0.05) is 6.08 Å². The van der Waals surface area contributed by atoms with E-state index in [2.05, 4.69) is 9.47 Å². The van der Waals surface area contributed by atoms with E-state index in [-0.39, 0.29) is 5.56 Å². The summed E-state index contributed by atoms with van der Waals surface area (Å²) in [6.45, 7) is -2.60. The average Bonchev–Trinajstić information content (AvgIpc) is 2.33. The number of carbonyl (C=O) groups is 1. The number of aliphatic carboxylic acids is 1. The summed E-state index contributed by atoms with van der Waals surface area (Å²) in [4.78, 5) is 10.3. The van der Waals surface area contributed by atoms with Gasteiger partial charge in [-0.05, 0) is 23.8 Å². The van der Waals surface area contributed by atoms with Gasteiger partial charge in [0.2, 0.25) is 0 Å². The van der Waals surface area contributed by atoms with E-state index in [4.69, 9.17) is 5.11 Å². The molecule has 0 aromatic heterocycles. The van der Waals surface area contributed by atoms with E-state index < -0.39 is 42.9 Å². The number of halogens is 5. The lowest BCUT2D eigenvalue weighted by Gasteiger charge is -2.11. The quantitative estimate of drug-likeness (QED) is 0.380. The molecule has 0 amide bonds. The highest BCUT2D eigenvalue weighted by atomic mass is 19.4. The Labute approximate surface area is 115 Å². The van der Waals surface area contributed by atoms with Crippen molar-refractivity contribution in [2.45, 2.75) is 6.18 Å². The first-order valence-electron chi connectivity index (χ1n) is 5.36. The molecule has 0 aliphatic heterocycles. The first-order valence-corrected chi connectivity index (χ1v) is 5.36. The fraction of sp³-hybridized carbons (Fsp3) is 0.250. The van der Waals surface area contributed by atoms with Crippen LogP contribution in [-0.4, -0.2) is 30.7 Å². The molecular weight excluding hydrogens is 303 g/mol. The molecule has 0 unspecified atom stereocenters. The molecule has 1 rings (SSSR count). The Kier molecular flexibility index (Phi) is 5.65. The number of hydrogen-bond donors (Lipinski definition) is 1. The normalized spacial score (nSPS) is 11.9. The highest BCUT2D eigenvalue weighted by molar-refractivity contribution is 5.85. The Morgan fingerprint density at radius 2 is 1.81 bits per heavy atom. The van der Waals surface area contributed by atoms with Crippen molar-refractivity contribution in [1.29, 1.82) is 0 Å². The summed E-state index contributed by atoms with van der Waals surface area (Å²) in [5.41, 5.74) is -0.0871. The first-order chi connectivity index (χ1) is 9.69. The molecule has 4 nitrogen and oxygen atoms in total. The van der Waals surface area contributed by atoms with Crippen molar-refractivity contribution in [2.24, 2.45) is 0 Å². The van der Waals surface area contributed by atoms with Gasteiger partial charge in [-0.3, -0.25) is 0 Å². The van der Waals surface area contributed by atoms with Crippen LogP contribution in [0.4, 0.5) is 22.0 Å². The molecule has 0 aliphatic carbocycles. The van der Waals surface area contributed by atoms with E-state index in [1.807, 2.05) is 0 Å². The molecule has 0 heterocycles. The van der Waals surface area contributed by atoms with Crippen LogP contribution in [0.2, 0.25) is 0 Å². The van der Waals surface area contributed by atoms with Crippen LogP contribution < -0.4 is 4.74 Å². The van der Waals surface area contributed by atoms with Crippen molar-refractivity contribution in [3.8, 4) is 5.75 Å². The minimum Gasteiger partial charge on any atom is -0.478 e. The van der Waals surface area contributed by atoms with Crippen LogP contribution in [0.5, 0.6) is 5.75 Å². The SMILES string of the molecule is O=C(O)/C=C/c1cc(F)c(OCOCC(F)(F)F)c(F)c1. The standard InChI is InChI=1S/C12H9F5O4/c13-8-3-7(1-2-10(18)19)4-9(14)11(8)21-6-20-5-12(15,16)17/h1-4H,5-6H2,(H,18,19)/b2-1+. The maximum atomic E-state index is 13.5. The monoisotopic (exact) mass is 312 g/mol. The minimum absolute atomic E-state index is 0.0871. The molecule has 0 radical (unpaired) electrons. The lowest BCUT2D eigenvalue weighted by Crippen LogP contribution is -2.19. The predicted octanol–water partition coefficient (Wildman–Crippen LogP) is 2.98. The highest BCUT2D eigenvalue weighted by Gasteiger charge is 2.27. The number of rotatable bonds is 6. The third-order valence-corrected chi connectivity index (χ3v) is 1.99. The largest absolute Gasteiger partial charge is 0.478 e. The molecule has 0 fully saturated rings. The number of carboxylic acid groups (broad SMARTS) is 1. The van der Waals surface area contributed by atoms with E-state index in [1.54, 1.807) is 0 Å². The third kappa shape index (κ3) is 6.21. The lowest BCUT2D eigenvalue weighted by molar-refractivity contribution is -0.187. The number of carboxylic acids is 1. The average molecular weight is 312 g/mol. The van der Waals surface area contributed by atoms with E-state index in [0.29, 0.717) is 6.08 Å². The molecule has 0 spiro atoms. The van der Waals surface area contributed by atoms with Gasteiger partial charge < -0.3 is 14.6 Å². The summed E-state index contributed by atoms with van der Waals surface area (Å²) in [6, 6.07) is 1.53. The van der Waals surface area contributed by atoms with E-state index in [0.717, 1.165) is 18.2 Å². The fourth-order valence-corrected chi connectivity index (χ4v) is 1.24. The van der Waals surface area contributed by atoms with Gasteiger partial charge in [-0.1, -0.05) is 0 Å². The van der Waals surface area contributed by atoms with Gasteiger partial charge in [0.15, 0.2) is 24.2 Å². The Bertz CT molecular complexity index is 516.